The molecule has 7 rings (SSSR count). The number of morpholine rings is 1. The first-order valence-corrected chi connectivity index (χ1v) is 17.3. The Morgan fingerprint density at radius 3 is 2.47 bits per heavy atom. The first-order chi connectivity index (χ1) is 22.8. The summed E-state index contributed by atoms with van der Waals surface area (Å²) in [6.07, 6.45) is 4.44. The van der Waals surface area contributed by atoms with E-state index in [4.69, 9.17) is 30.2 Å². The minimum absolute atomic E-state index is 0.0538. The fourth-order valence-electron chi connectivity index (χ4n) is 7.11. The molecule has 0 spiro atoms. The molecular formula is C34H35ClN4O7S. The zero-order valence-electron chi connectivity index (χ0n) is 26.1. The molecule has 3 aliphatic rings. The van der Waals surface area contributed by atoms with Gasteiger partial charge in [-0.25, -0.2) is 17.7 Å². The monoisotopic (exact) mass is 678 g/mol. The fourth-order valence-corrected chi connectivity index (χ4v) is 8.74. The smallest absolute Gasteiger partial charge is 0.271 e. The van der Waals surface area contributed by atoms with Crippen molar-refractivity contribution in [2.24, 2.45) is 0 Å². The van der Waals surface area contributed by atoms with Gasteiger partial charge in [0.1, 0.15) is 17.8 Å². The highest BCUT2D eigenvalue weighted by Gasteiger charge is 2.62. The summed E-state index contributed by atoms with van der Waals surface area (Å²) in [6.45, 7) is 4.08. The largest absolute Gasteiger partial charge is 0.497 e. The van der Waals surface area contributed by atoms with Crippen molar-refractivity contribution in [1.29, 1.82) is 0 Å². The van der Waals surface area contributed by atoms with Crippen molar-refractivity contribution in [2.75, 3.05) is 51.4 Å². The first kappa shape index (κ1) is 31.6. The molecular weight excluding hydrogens is 644 g/mol. The number of sulfonamides is 1. The van der Waals surface area contributed by atoms with Gasteiger partial charge in [-0.1, -0.05) is 23.7 Å². The Morgan fingerprint density at radius 1 is 0.979 bits per heavy atom. The van der Waals surface area contributed by atoms with Gasteiger partial charge in [-0.2, -0.15) is 0 Å². The SMILES string of the molecule is COc1ccc(S(=O)(=O)N2C(=O)C(c3ccc(CN4CCOCC4)cc3OC)(N3CCCC3c3ncco3)c3cc(Cl)ccc32)cc1. The van der Waals surface area contributed by atoms with Gasteiger partial charge in [0.2, 0.25) is 5.89 Å². The Balaban J connectivity index is 1.45. The lowest BCUT2D eigenvalue weighted by atomic mass is 9.80. The van der Waals surface area contributed by atoms with Gasteiger partial charge in [-0.05, 0) is 66.9 Å². The molecule has 2 saturated heterocycles. The number of nitrogens with zero attached hydrogens (tertiary/aromatic N) is 4. The summed E-state index contributed by atoms with van der Waals surface area (Å²) in [6, 6.07) is 16.2. The number of oxazole rings is 1. The van der Waals surface area contributed by atoms with E-state index in [9.17, 15) is 8.42 Å². The van der Waals surface area contributed by atoms with Crippen LogP contribution in [0.2, 0.25) is 5.02 Å². The topological polar surface area (TPSA) is 115 Å². The van der Waals surface area contributed by atoms with E-state index >= 15 is 4.79 Å². The maximum Gasteiger partial charge on any atom is 0.271 e. The van der Waals surface area contributed by atoms with E-state index in [0.29, 0.717) is 66.3 Å². The van der Waals surface area contributed by atoms with Crippen molar-refractivity contribution >= 4 is 33.2 Å². The zero-order valence-corrected chi connectivity index (χ0v) is 27.7. The number of carbonyl (C=O) groups is 1. The van der Waals surface area contributed by atoms with Gasteiger partial charge in [-0.3, -0.25) is 14.6 Å². The van der Waals surface area contributed by atoms with Crippen LogP contribution in [0.5, 0.6) is 11.5 Å². The molecule has 1 amide bonds. The van der Waals surface area contributed by atoms with Crippen LogP contribution in [-0.4, -0.2) is 76.2 Å². The van der Waals surface area contributed by atoms with E-state index in [-0.39, 0.29) is 10.6 Å². The third kappa shape index (κ3) is 5.28. The molecule has 1 aromatic heterocycles. The zero-order chi connectivity index (χ0) is 32.8. The van der Waals surface area contributed by atoms with Crippen LogP contribution in [0.15, 0.2) is 82.4 Å². The lowest BCUT2D eigenvalue weighted by molar-refractivity contribution is -0.127. The van der Waals surface area contributed by atoms with Crippen LogP contribution in [-0.2, 0) is 31.6 Å². The number of likely N-dealkylation sites (tertiary alicyclic amines) is 1. The number of ether oxygens (including phenoxy) is 3. The summed E-state index contributed by atoms with van der Waals surface area (Å²) < 4.78 is 52.5. The molecule has 2 unspecified atom stereocenters. The maximum absolute atomic E-state index is 15.4. The number of rotatable bonds is 9. The number of fused-ring (bicyclic) bond motifs is 1. The van der Waals surface area contributed by atoms with Crippen molar-refractivity contribution in [3.63, 3.8) is 0 Å². The normalized spacial score (nSPS) is 22.1. The highest BCUT2D eigenvalue weighted by molar-refractivity contribution is 7.93. The van der Waals surface area contributed by atoms with Crippen molar-refractivity contribution in [2.45, 2.75) is 35.9 Å². The predicted molar refractivity (Wildman–Crippen MR) is 174 cm³/mol. The number of anilines is 1. The molecule has 11 nitrogen and oxygen atoms in total. The van der Waals surface area contributed by atoms with Crippen LogP contribution in [0.25, 0.3) is 0 Å². The van der Waals surface area contributed by atoms with Crippen LogP contribution >= 0.6 is 11.6 Å². The third-order valence-electron chi connectivity index (χ3n) is 9.24. The number of halogens is 1. The van der Waals surface area contributed by atoms with Crippen LogP contribution in [0, 0.1) is 0 Å². The van der Waals surface area contributed by atoms with Gasteiger partial charge >= 0.3 is 0 Å². The van der Waals surface area contributed by atoms with Crippen LogP contribution < -0.4 is 13.8 Å². The molecule has 0 saturated carbocycles. The predicted octanol–water partition coefficient (Wildman–Crippen LogP) is 4.99. The van der Waals surface area contributed by atoms with E-state index in [1.165, 1.54) is 25.5 Å². The molecule has 4 heterocycles. The highest BCUT2D eigenvalue weighted by Crippen LogP contribution is 2.56. The highest BCUT2D eigenvalue weighted by atomic mass is 35.5. The summed E-state index contributed by atoms with van der Waals surface area (Å²) >= 11 is 6.66. The first-order valence-electron chi connectivity index (χ1n) is 15.5. The molecule has 47 heavy (non-hydrogen) atoms. The summed E-state index contributed by atoms with van der Waals surface area (Å²) in [5, 5.41) is 0.361. The average Bonchev–Trinajstić information content (AvgIpc) is 3.84. The van der Waals surface area contributed by atoms with E-state index in [2.05, 4.69) is 9.88 Å². The van der Waals surface area contributed by atoms with Gasteiger partial charge in [-0.15, -0.1) is 0 Å². The Bertz CT molecular complexity index is 1880. The summed E-state index contributed by atoms with van der Waals surface area (Å²) in [4.78, 5) is 24.1. The standard InChI is InChI=1S/C34H35ClN4O7S/c1-43-25-7-9-26(10-8-25)47(41,42)39-29-12-6-24(35)21-28(29)34(33(39)40,38-14-3-4-30(38)32-36-13-17-46-32)27-11-5-23(20-31(27)44-2)22-37-15-18-45-19-16-37/h5-13,17,20-21,30H,3-4,14-16,18-19,22H2,1-2H3. The molecule has 4 aromatic rings. The molecule has 2 atom stereocenters. The molecule has 0 aliphatic carbocycles. The van der Waals surface area contributed by atoms with Gasteiger partial charge in [0.05, 0.1) is 50.3 Å². The summed E-state index contributed by atoms with van der Waals surface area (Å²) in [7, 11) is -1.34. The number of hydrogen-bond donors (Lipinski definition) is 0. The number of benzene rings is 3. The Morgan fingerprint density at radius 2 is 1.77 bits per heavy atom. The quantitative estimate of drug-likeness (QED) is 0.240. The number of methoxy groups -OCH3 is 2. The number of hydrogen-bond acceptors (Lipinski definition) is 10. The van der Waals surface area contributed by atoms with Crippen molar-refractivity contribution in [3.8, 4) is 11.5 Å². The van der Waals surface area contributed by atoms with Crippen molar-refractivity contribution in [3.05, 3.63) is 101 Å². The minimum Gasteiger partial charge on any atom is -0.497 e. The molecule has 3 aromatic carbocycles. The number of carbonyl (C=O) groups excluding carboxylic acids is 1. The van der Waals surface area contributed by atoms with Crippen molar-refractivity contribution in [1.82, 2.24) is 14.8 Å². The van der Waals surface area contributed by atoms with Crippen LogP contribution in [0.3, 0.4) is 0 Å². The fraction of sp³-hybridized carbons (Fsp3) is 0.353. The van der Waals surface area contributed by atoms with E-state index < -0.39 is 27.5 Å². The Kier molecular flexibility index (Phi) is 8.48. The summed E-state index contributed by atoms with van der Waals surface area (Å²) in [5.74, 6) is 0.726. The van der Waals surface area contributed by atoms with E-state index in [0.717, 1.165) is 29.4 Å². The second-order valence-electron chi connectivity index (χ2n) is 11.8. The van der Waals surface area contributed by atoms with Gasteiger partial charge in [0.15, 0.2) is 5.54 Å². The van der Waals surface area contributed by atoms with E-state index in [1.807, 2.05) is 23.1 Å². The van der Waals surface area contributed by atoms with Gasteiger partial charge in [0, 0.05) is 42.3 Å². The molecule has 0 bridgehead atoms. The Hall–Kier alpha value is -3.94. The van der Waals surface area contributed by atoms with E-state index in [1.54, 1.807) is 43.6 Å². The number of aromatic nitrogens is 1. The average molecular weight is 679 g/mol. The second-order valence-corrected chi connectivity index (χ2v) is 14.0. The molecule has 0 radical (unpaired) electrons. The second kappa shape index (κ2) is 12.6. The number of amides is 1. The molecule has 0 N–H and O–H groups in total. The molecule has 246 valence electrons. The summed E-state index contributed by atoms with van der Waals surface area (Å²) in [5.41, 5.74) is 0.494. The third-order valence-corrected chi connectivity index (χ3v) is 11.2. The van der Waals surface area contributed by atoms with Crippen LogP contribution in [0.4, 0.5) is 5.69 Å². The lowest BCUT2D eigenvalue weighted by Crippen LogP contribution is -2.54. The molecule has 2 fully saturated rings. The lowest BCUT2D eigenvalue weighted by Gasteiger charge is -2.41. The van der Waals surface area contributed by atoms with Gasteiger partial charge < -0.3 is 18.6 Å². The minimum atomic E-state index is -4.41. The van der Waals surface area contributed by atoms with Crippen molar-refractivity contribution < 1.29 is 31.8 Å². The van der Waals surface area contributed by atoms with Crippen LogP contribution in [0.1, 0.15) is 41.5 Å². The van der Waals surface area contributed by atoms with Gasteiger partial charge in [0.25, 0.3) is 15.9 Å². The molecule has 13 heteroatoms. The maximum atomic E-state index is 15.4. The Labute approximate surface area is 278 Å². The molecule has 3 aliphatic heterocycles.